The minimum atomic E-state index is -0.914. The van der Waals surface area contributed by atoms with Crippen molar-refractivity contribution in [1.82, 2.24) is 14.7 Å². The highest BCUT2D eigenvalue weighted by Crippen LogP contribution is 2.44. The van der Waals surface area contributed by atoms with Gasteiger partial charge < -0.3 is 15.3 Å². The molecule has 122 valence electrons. The number of aliphatic carboxylic acids is 1. The molecule has 1 saturated carbocycles. The molecule has 0 spiro atoms. The van der Waals surface area contributed by atoms with Crippen LogP contribution in [0.4, 0.5) is 10.5 Å². The van der Waals surface area contributed by atoms with Crippen LogP contribution in [0.5, 0.6) is 0 Å². The summed E-state index contributed by atoms with van der Waals surface area (Å²) >= 11 is 0. The molecule has 1 heterocycles. The topological polar surface area (TPSA) is 87.5 Å². The minimum absolute atomic E-state index is 0.0640. The second kappa shape index (κ2) is 6.81. The summed E-state index contributed by atoms with van der Waals surface area (Å²) in [5, 5.41) is 16.0. The number of aromatic nitrogens is 2. The zero-order chi connectivity index (χ0) is 16.3. The van der Waals surface area contributed by atoms with Gasteiger partial charge >= 0.3 is 12.0 Å². The van der Waals surface area contributed by atoms with E-state index in [1.54, 1.807) is 13.2 Å². The summed E-state index contributed by atoms with van der Waals surface area (Å²) < 4.78 is 2.00. The molecule has 0 bridgehead atoms. The number of carbonyl (C=O) groups excluding carboxylic acids is 1. The van der Waals surface area contributed by atoms with Crippen molar-refractivity contribution in [3.05, 3.63) is 11.9 Å². The van der Waals surface area contributed by atoms with E-state index in [0.29, 0.717) is 12.0 Å². The highest BCUT2D eigenvalue weighted by molar-refractivity contribution is 5.90. The van der Waals surface area contributed by atoms with Crippen LogP contribution in [0.2, 0.25) is 0 Å². The molecule has 1 fully saturated rings. The Bertz CT molecular complexity index is 551. The maximum Gasteiger partial charge on any atom is 0.321 e. The highest BCUT2D eigenvalue weighted by atomic mass is 16.4. The number of carbonyl (C=O) groups is 2. The van der Waals surface area contributed by atoms with Crippen LogP contribution in [0.3, 0.4) is 0 Å². The molecule has 0 aromatic carbocycles. The molecule has 1 aliphatic carbocycles. The average molecular weight is 308 g/mol. The first-order valence-corrected chi connectivity index (χ1v) is 7.75. The first kappa shape index (κ1) is 16.3. The lowest BCUT2D eigenvalue weighted by Crippen LogP contribution is -2.33. The molecule has 1 atom stereocenters. The molecule has 1 aliphatic rings. The lowest BCUT2D eigenvalue weighted by molar-refractivity contribution is -0.137. The molecule has 0 aliphatic heterocycles. The fourth-order valence-corrected chi connectivity index (χ4v) is 2.33. The van der Waals surface area contributed by atoms with Gasteiger partial charge in [-0.2, -0.15) is 5.10 Å². The van der Waals surface area contributed by atoms with Gasteiger partial charge in [-0.3, -0.25) is 9.48 Å². The van der Waals surface area contributed by atoms with Gasteiger partial charge in [0.25, 0.3) is 0 Å². The van der Waals surface area contributed by atoms with Gasteiger partial charge in [-0.25, -0.2) is 4.79 Å². The average Bonchev–Trinajstić information content (AvgIpc) is 3.24. The second-order valence-corrected chi connectivity index (χ2v) is 5.92. The van der Waals surface area contributed by atoms with E-state index < -0.39 is 5.97 Å². The van der Waals surface area contributed by atoms with Gasteiger partial charge in [0.15, 0.2) is 0 Å². The molecule has 7 heteroatoms. The smallest absolute Gasteiger partial charge is 0.321 e. The number of nitrogens with zero attached hydrogens (tertiary/aromatic N) is 3. The van der Waals surface area contributed by atoms with Gasteiger partial charge in [0, 0.05) is 25.6 Å². The van der Waals surface area contributed by atoms with Crippen LogP contribution in [0.1, 0.15) is 57.2 Å². The van der Waals surface area contributed by atoms with Crippen molar-refractivity contribution in [2.45, 2.75) is 51.5 Å². The van der Waals surface area contributed by atoms with E-state index in [4.69, 9.17) is 5.11 Å². The molecule has 2 N–H and O–H groups in total. The summed E-state index contributed by atoms with van der Waals surface area (Å²) in [5.74, 6) is -0.445. The molecule has 2 amide bonds. The summed E-state index contributed by atoms with van der Waals surface area (Å²) in [7, 11) is 1.59. The summed E-state index contributed by atoms with van der Waals surface area (Å²) in [5.41, 5.74) is 1.84. The van der Waals surface area contributed by atoms with Crippen LogP contribution < -0.4 is 5.32 Å². The number of hydrogen-bond donors (Lipinski definition) is 2. The molecular weight excluding hydrogens is 284 g/mol. The standard InChI is InChI=1S/C15H24N4O3/c1-4-10(2)19-14(11-5-6-11)12(9-16-19)17-15(22)18(3)8-7-13(20)21/h9-11H,4-8H2,1-3H3,(H,17,22)(H,20,21). The van der Waals surface area contributed by atoms with Gasteiger partial charge in [-0.1, -0.05) is 6.92 Å². The normalized spacial score (nSPS) is 15.4. The predicted octanol–water partition coefficient (Wildman–Crippen LogP) is 2.67. The van der Waals surface area contributed by atoms with E-state index in [1.807, 2.05) is 4.68 Å². The first-order chi connectivity index (χ1) is 10.4. The molecule has 1 aromatic rings. The van der Waals surface area contributed by atoms with Gasteiger partial charge in [0.2, 0.25) is 0 Å². The molecule has 0 radical (unpaired) electrons. The lowest BCUT2D eigenvalue weighted by Gasteiger charge is -2.18. The Morgan fingerprint density at radius 3 is 2.77 bits per heavy atom. The first-order valence-electron chi connectivity index (χ1n) is 7.75. The number of carboxylic acids is 1. The number of hydrogen-bond acceptors (Lipinski definition) is 3. The Kier molecular flexibility index (Phi) is 5.05. The molecule has 22 heavy (non-hydrogen) atoms. The highest BCUT2D eigenvalue weighted by Gasteiger charge is 2.32. The predicted molar refractivity (Wildman–Crippen MR) is 83.1 cm³/mol. The van der Waals surface area contributed by atoms with Crippen molar-refractivity contribution in [3.63, 3.8) is 0 Å². The van der Waals surface area contributed by atoms with Crippen molar-refractivity contribution in [2.24, 2.45) is 0 Å². The quantitative estimate of drug-likeness (QED) is 0.810. The van der Waals surface area contributed by atoms with E-state index in [-0.39, 0.29) is 19.0 Å². The van der Waals surface area contributed by atoms with Crippen LogP contribution in [0, 0.1) is 0 Å². The van der Waals surface area contributed by atoms with E-state index in [2.05, 4.69) is 24.3 Å². The summed E-state index contributed by atoms with van der Waals surface area (Å²) in [6, 6.07) is -0.00200. The van der Waals surface area contributed by atoms with Gasteiger partial charge in [-0.05, 0) is 26.2 Å². The molecule has 2 rings (SSSR count). The molecule has 1 aromatic heterocycles. The van der Waals surface area contributed by atoms with Crippen molar-refractivity contribution in [2.75, 3.05) is 18.9 Å². The molecule has 7 nitrogen and oxygen atoms in total. The summed E-state index contributed by atoms with van der Waals surface area (Å²) in [6.45, 7) is 4.41. The van der Waals surface area contributed by atoms with Crippen molar-refractivity contribution < 1.29 is 14.7 Å². The number of urea groups is 1. The fourth-order valence-electron chi connectivity index (χ4n) is 2.33. The van der Waals surface area contributed by atoms with Crippen molar-refractivity contribution in [3.8, 4) is 0 Å². The van der Waals surface area contributed by atoms with E-state index in [1.165, 1.54) is 4.90 Å². The third kappa shape index (κ3) is 3.78. The van der Waals surface area contributed by atoms with Gasteiger partial charge in [0.1, 0.15) is 0 Å². The van der Waals surface area contributed by atoms with Crippen molar-refractivity contribution in [1.29, 1.82) is 0 Å². The number of anilines is 1. The van der Waals surface area contributed by atoms with Crippen LogP contribution in [0.15, 0.2) is 6.20 Å². The second-order valence-electron chi connectivity index (χ2n) is 5.92. The summed E-state index contributed by atoms with van der Waals surface area (Å²) in [6.07, 6.45) is 4.86. The number of amides is 2. The Morgan fingerprint density at radius 1 is 1.55 bits per heavy atom. The zero-order valence-electron chi connectivity index (χ0n) is 13.4. The molecule has 0 saturated heterocycles. The number of rotatable bonds is 7. The van der Waals surface area contributed by atoms with E-state index in [0.717, 1.165) is 30.6 Å². The Balaban J connectivity index is 2.07. The molecular formula is C15H24N4O3. The third-order valence-corrected chi connectivity index (χ3v) is 4.06. The number of nitrogens with one attached hydrogen (secondary N) is 1. The lowest BCUT2D eigenvalue weighted by atomic mass is 10.2. The van der Waals surface area contributed by atoms with Crippen LogP contribution >= 0.6 is 0 Å². The Morgan fingerprint density at radius 2 is 2.23 bits per heavy atom. The van der Waals surface area contributed by atoms with Crippen LogP contribution in [-0.2, 0) is 4.79 Å². The van der Waals surface area contributed by atoms with Crippen molar-refractivity contribution >= 4 is 17.7 Å². The zero-order valence-corrected chi connectivity index (χ0v) is 13.4. The minimum Gasteiger partial charge on any atom is -0.481 e. The van der Waals surface area contributed by atoms with Crippen LogP contribution in [0.25, 0.3) is 0 Å². The monoisotopic (exact) mass is 308 g/mol. The van der Waals surface area contributed by atoms with Crippen LogP contribution in [-0.4, -0.2) is 45.4 Å². The maximum atomic E-state index is 12.2. The maximum absolute atomic E-state index is 12.2. The van der Waals surface area contributed by atoms with E-state index >= 15 is 0 Å². The Labute approximate surface area is 130 Å². The largest absolute Gasteiger partial charge is 0.481 e. The SMILES string of the molecule is CCC(C)n1ncc(NC(=O)N(C)CCC(=O)O)c1C1CC1. The Hall–Kier alpha value is -2.05. The molecule has 1 unspecified atom stereocenters. The summed E-state index contributed by atoms with van der Waals surface area (Å²) in [4.78, 5) is 24.1. The van der Waals surface area contributed by atoms with Gasteiger partial charge in [-0.15, -0.1) is 0 Å². The third-order valence-electron chi connectivity index (χ3n) is 4.06. The fraction of sp³-hybridized carbons (Fsp3) is 0.667. The van der Waals surface area contributed by atoms with Gasteiger partial charge in [0.05, 0.1) is 24.0 Å². The van der Waals surface area contributed by atoms with E-state index in [9.17, 15) is 9.59 Å². The number of carboxylic acid groups (broad SMARTS) is 1.